The van der Waals surface area contributed by atoms with E-state index in [1.54, 1.807) is 12.1 Å². The van der Waals surface area contributed by atoms with E-state index in [9.17, 15) is 9.59 Å². The van der Waals surface area contributed by atoms with Crippen LogP contribution in [0.1, 0.15) is 26.3 Å². The fourth-order valence-corrected chi connectivity index (χ4v) is 4.74. The number of fused-ring (bicyclic) bond motifs is 3. The van der Waals surface area contributed by atoms with Gasteiger partial charge in [-0.1, -0.05) is 66.4 Å². The SMILES string of the molecule is O=C(NCCc1ccc2ccccc2c1)c1ccc2c(c1)NC(=O)c1ccccc1S2. The van der Waals surface area contributed by atoms with E-state index >= 15 is 0 Å². The van der Waals surface area contributed by atoms with Gasteiger partial charge in [-0.3, -0.25) is 9.59 Å². The molecule has 0 saturated heterocycles. The van der Waals surface area contributed by atoms with Gasteiger partial charge in [-0.05, 0) is 53.1 Å². The van der Waals surface area contributed by atoms with Gasteiger partial charge in [-0.2, -0.15) is 0 Å². The van der Waals surface area contributed by atoms with E-state index < -0.39 is 0 Å². The van der Waals surface area contributed by atoms with Gasteiger partial charge in [0.05, 0.1) is 11.3 Å². The van der Waals surface area contributed by atoms with Crippen molar-refractivity contribution in [1.29, 1.82) is 0 Å². The molecule has 31 heavy (non-hydrogen) atoms. The zero-order chi connectivity index (χ0) is 21.2. The molecule has 5 rings (SSSR count). The van der Waals surface area contributed by atoms with Crippen molar-refractivity contribution in [2.45, 2.75) is 16.2 Å². The van der Waals surface area contributed by atoms with Gasteiger partial charge in [-0.15, -0.1) is 0 Å². The first-order chi connectivity index (χ1) is 15.2. The Hall–Kier alpha value is -3.57. The molecule has 0 aromatic heterocycles. The quantitative estimate of drug-likeness (QED) is 0.453. The summed E-state index contributed by atoms with van der Waals surface area (Å²) in [4.78, 5) is 27.1. The maximum atomic E-state index is 12.7. The summed E-state index contributed by atoms with van der Waals surface area (Å²) in [6.45, 7) is 0.542. The normalized spacial score (nSPS) is 12.5. The lowest BCUT2D eigenvalue weighted by atomic mass is 10.1. The van der Waals surface area contributed by atoms with E-state index in [2.05, 4.69) is 41.0 Å². The second-order valence-corrected chi connectivity index (χ2v) is 8.53. The molecule has 1 heterocycles. The maximum Gasteiger partial charge on any atom is 0.256 e. The molecule has 0 fully saturated rings. The highest BCUT2D eigenvalue weighted by Crippen LogP contribution is 2.38. The monoisotopic (exact) mass is 424 g/mol. The fraction of sp³-hybridized carbons (Fsp3) is 0.0769. The number of nitrogens with one attached hydrogen (secondary N) is 2. The minimum atomic E-state index is -0.157. The molecule has 0 bridgehead atoms. The van der Waals surface area contributed by atoms with Gasteiger partial charge in [0.25, 0.3) is 11.8 Å². The van der Waals surface area contributed by atoms with Gasteiger partial charge in [0.1, 0.15) is 0 Å². The van der Waals surface area contributed by atoms with Crippen molar-refractivity contribution in [1.82, 2.24) is 5.32 Å². The van der Waals surface area contributed by atoms with Crippen molar-refractivity contribution in [2.75, 3.05) is 11.9 Å². The second kappa shape index (κ2) is 8.28. The molecule has 152 valence electrons. The topological polar surface area (TPSA) is 58.2 Å². The Balaban J connectivity index is 1.27. The Morgan fingerprint density at radius 2 is 1.65 bits per heavy atom. The van der Waals surface area contributed by atoms with Crippen LogP contribution < -0.4 is 10.6 Å². The lowest BCUT2D eigenvalue weighted by molar-refractivity contribution is 0.0952. The van der Waals surface area contributed by atoms with Crippen LogP contribution in [0.5, 0.6) is 0 Å². The summed E-state index contributed by atoms with van der Waals surface area (Å²) >= 11 is 1.53. The molecule has 4 aromatic carbocycles. The van der Waals surface area contributed by atoms with Crippen molar-refractivity contribution in [2.24, 2.45) is 0 Å². The first-order valence-corrected chi connectivity index (χ1v) is 11.0. The van der Waals surface area contributed by atoms with Crippen LogP contribution in [0.2, 0.25) is 0 Å². The van der Waals surface area contributed by atoms with Gasteiger partial charge in [0.2, 0.25) is 0 Å². The highest BCUT2D eigenvalue weighted by atomic mass is 32.2. The smallest absolute Gasteiger partial charge is 0.256 e. The molecule has 0 saturated carbocycles. The average Bonchev–Trinajstić information content (AvgIpc) is 2.94. The molecule has 2 N–H and O–H groups in total. The van der Waals surface area contributed by atoms with Crippen LogP contribution in [0.3, 0.4) is 0 Å². The Morgan fingerprint density at radius 3 is 2.55 bits per heavy atom. The van der Waals surface area contributed by atoms with E-state index in [-0.39, 0.29) is 11.8 Å². The van der Waals surface area contributed by atoms with Crippen molar-refractivity contribution in [3.63, 3.8) is 0 Å². The Morgan fingerprint density at radius 1 is 0.839 bits per heavy atom. The molecule has 0 atom stereocenters. The van der Waals surface area contributed by atoms with Crippen molar-refractivity contribution < 1.29 is 9.59 Å². The number of hydrogen-bond donors (Lipinski definition) is 2. The highest BCUT2D eigenvalue weighted by Gasteiger charge is 2.20. The van der Waals surface area contributed by atoms with Gasteiger partial charge in [0, 0.05) is 21.9 Å². The summed E-state index contributed by atoms with van der Waals surface area (Å²) in [5, 5.41) is 8.33. The number of amides is 2. The summed E-state index contributed by atoms with van der Waals surface area (Å²) in [5.74, 6) is -0.305. The third-order valence-electron chi connectivity index (χ3n) is 5.35. The average molecular weight is 425 g/mol. The van der Waals surface area contributed by atoms with E-state index in [1.807, 2.05) is 42.5 Å². The molecule has 5 heteroatoms. The minimum absolute atomic E-state index is 0.149. The molecule has 2 amide bonds. The van der Waals surface area contributed by atoms with Crippen molar-refractivity contribution in [3.05, 3.63) is 102 Å². The summed E-state index contributed by atoms with van der Waals surface area (Å²) in [5.41, 5.74) is 3.02. The zero-order valence-corrected chi connectivity index (χ0v) is 17.5. The third kappa shape index (κ3) is 4.05. The van der Waals surface area contributed by atoms with Crippen LogP contribution in [0.15, 0.2) is 94.7 Å². The summed E-state index contributed by atoms with van der Waals surface area (Å²) < 4.78 is 0. The van der Waals surface area contributed by atoms with E-state index in [4.69, 9.17) is 0 Å². The van der Waals surface area contributed by atoms with Crippen LogP contribution in [0, 0.1) is 0 Å². The Kier molecular flexibility index (Phi) is 5.18. The maximum absolute atomic E-state index is 12.7. The molecule has 0 aliphatic carbocycles. The molecule has 0 unspecified atom stereocenters. The Bertz CT molecular complexity index is 1320. The summed E-state index contributed by atoms with van der Waals surface area (Å²) in [7, 11) is 0. The second-order valence-electron chi connectivity index (χ2n) is 7.45. The summed E-state index contributed by atoms with van der Waals surface area (Å²) in [6.07, 6.45) is 0.753. The van der Waals surface area contributed by atoms with Crippen molar-refractivity contribution in [3.8, 4) is 0 Å². The van der Waals surface area contributed by atoms with E-state index in [0.29, 0.717) is 23.4 Å². The lowest BCUT2D eigenvalue weighted by Gasteiger charge is -2.10. The zero-order valence-electron chi connectivity index (χ0n) is 16.7. The van der Waals surface area contributed by atoms with Gasteiger partial charge >= 0.3 is 0 Å². The van der Waals surface area contributed by atoms with Crippen LogP contribution in [-0.2, 0) is 6.42 Å². The van der Waals surface area contributed by atoms with Crippen LogP contribution in [0.4, 0.5) is 5.69 Å². The van der Waals surface area contributed by atoms with Gasteiger partial charge in [0.15, 0.2) is 0 Å². The first-order valence-electron chi connectivity index (χ1n) is 10.2. The van der Waals surface area contributed by atoms with Crippen LogP contribution in [0.25, 0.3) is 10.8 Å². The molecular weight excluding hydrogens is 404 g/mol. The van der Waals surface area contributed by atoms with Crippen molar-refractivity contribution >= 4 is 40.0 Å². The largest absolute Gasteiger partial charge is 0.352 e. The number of hydrogen-bond acceptors (Lipinski definition) is 3. The number of anilines is 1. The molecular formula is C26H20N2O2S. The standard InChI is InChI=1S/C26H20N2O2S/c29-25(27-14-13-17-9-10-18-5-1-2-6-19(18)15-17)20-11-12-24-22(16-20)28-26(30)21-7-3-4-8-23(21)31-24/h1-12,15-16H,13-14H2,(H,27,29)(H,28,30). The molecule has 4 aromatic rings. The third-order valence-corrected chi connectivity index (χ3v) is 6.51. The molecule has 0 spiro atoms. The van der Waals surface area contributed by atoms with Gasteiger partial charge < -0.3 is 10.6 Å². The fourth-order valence-electron chi connectivity index (χ4n) is 3.73. The molecule has 0 radical (unpaired) electrons. The molecule has 1 aliphatic rings. The van der Waals surface area contributed by atoms with Gasteiger partial charge in [-0.25, -0.2) is 0 Å². The molecule has 4 nitrogen and oxygen atoms in total. The number of carbonyl (C=O) groups is 2. The lowest BCUT2D eigenvalue weighted by Crippen LogP contribution is -2.25. The number of rotatable bonds is 4. The predicted octanol–water partition coefficient (Wildman–Crippen LogP) is 5.53. The highest BCUT2D eigenvalue weighted by molar-refractivity contribution is 7.99. The Labute approximate surface area is 184 Å². The van der Waals surface area contributed by atoms with E-state index in [0.717, 1.165) is 16.2 Å². The molecule has 1 aliphatic heterocycles. The predicted molar refractivity (Wildman–Crippen MR) is 125 cm³/mol. The van der Waals surface area contributed by atoms with Crippen LogP contribution >= 0.6 is 11.8 Å². The number of benzene rings is 4. The number of carbonyl (C=O) groups excluding carboxylic acids is 2. The van der Waals surface area contributed by atoms with Crippen LogP contribution in [-0.4, -0.2) is 18.4 Å². The first kappa shape index (κ1) is 19.4. The van der Waals surface area contributed by atoms with E-state index in [1.165, 1.54) is 28.1 Å². The summed E-state index contributed by atoms with van der Waals surface area (Å²) in [6, 6.07) is 27.6. The minimum Gasteiger partial charge on any atom is -0.352 e.